The smallest absolute Gasteiger partial charge is 0.394 e. The third-order valence-corrected chi connectivity index (χ3v) is 0.175. The molecule has 0 aromatic carbocycles. The summed E-state index contributed by atoms with van der Waals surface area (Å²) in [6.45, 7) is 2.96. The molecule has 0 saturated heterocycles. The van der Waals surface area contributed by atoms with Gasteiger partial charge in [-0.1, -0.05) is 6.58 Å². The quantitative estimate of drug-likeness (QED) is 0.364. The van der Waals surface area contributed by atoms with E-state index in [2.05, 4.69) is 6.58 Å². The van der Waals surface area contributed by atoms with E-state index in [1.54, 1.807) is 0 Å². The van der Waals surface area contributed by atoms with Crippen molar-refractivity contribution in [2.75, 3.05) is 0 Å². The average Bonchev–Trinajstić information content (AvgIpc) is 1.61. The first-order valence-electron chi connectivity index (χ1n) is 1.82. The Labute approximate surface area is 57.4 Å². The standard InChI is InChI=1S/C3H4O2.H2O4S/c1-2-3(4)5;1-5(2,3)4/h2H,1H2,(H,4,5);(H2,1,2,3,4). The summed E-state index contributed by atoms with van der Waals surface area (Å²) in [6.07, 6.45) is 0.833. The van der Waals surface area contributed by atoms with Crippen molar-refractivity contribution in [3.8, 4) is 0 Å². The van der Waals surface area contributed by atoms with E-state index in [0.717, 1.165) is 6.08 Å². The SMILES string of the molecule is C=CC(=O)O.O=S(=O)(O)O. The molecule has 0 aliphatic rings. The van der Waals surface area contributed by atoms with Crippen molar-refractivity contribution in [2.24, 2.45) is 0 Å². The zero-order valence-corrected chi connectivity index (χ0v) is 5.58. The zero-order valence-electron chi connectivity index (χ0n) is 4.76. The van der Waals surface area contributed by atoms with Gasteiger partial charge >= 0.3 is 16.4 Å². The van der Waals surface area contributed by atoms with E-state index >= 15 is 0 Å². The van der Waals surface area contributed by atoms with Crippen LogP contribution in [0.3, 0.4) is 0 Å². The van der Waals surface area contributed by atoms with Crippen molar-refractivity contribution in [3.05, 3.63) is 12.7 Å². The number of carboxylic acid groups (broad SMARTS) is 1. The van der Waals surface area contributed by atoms with Crippen LogP contribution in [0.2, 0.25) is 0 Å². The maximum absolute atomic E-state index is 9.25. The normalized spacial score (nSPS) is 9.00. The zero-order chi connectivity index (χ0) is 8.78. The molecule has 0 atom stereocenters. The molecule has 0 aliphatic heterocycles. The first kappa shape index (κ1) is 11.8. The Morgan fingerprint density at radius 3 is 1.50 bits per heavy atom. The molecule has 0 rings (SSSR count). The Bertz CT molecular complexity index is 193. The van der Waals surface area contributed by atoms with Gasteiger partial charge in [-0.15, -0.1) is 0 Å². The lowest BCUT2D eigenvalue weighted by Gasteiger charge is -1.68. The van der Waals surface area contributed by atoms with E-state index in [4.69, 9.17) is 22.6 Å². The summed E-state index contributed by atoms with van der Waals surface area (Å²) >= 11 is 0. The maximum Gasteiger partial charge on any atom is 0.394 e. The minimum absolute atomic E-state index is 0.833. The van der Waals surface area contributed by atoms with Crippen molar-refractivity contribution in [1.29, 1.82) is 0 Å². The van der Waals surface area contributed by atoms with Crippen LogP contribution in [0.25, 0.3) is 0 Å². The number of aliphatic carboxylic acids is 1. The molecule has 60 valence electrons. The van der Waals surface area contributed by atoms with Crippen molar-refractivity contribution < 1.29 is 27.4 Å². The molecule has 7 heteroatoms. The van der Waals surface area contributed by atoms with Crippen molar-refractivity contribution in [1.82, 2.24) is 0 Å². The number of hydrogen-bond acceptors (Lipinski definition) is 3. The van der Waals surface area contributed by atoms with Crippen LogP contribution in [0.4, 0.5) is 0 Å². The molecule has 6 nitrogen and oxygen atoms in total. The van der Waals surface area contributed by atoms with Gasteiger partial charge in [0.25, 0.3) is 0 Å². The molecule has 10 heavy (non-hydrogen) atoms. The molecular weight excluding hydrogens is 164 g/mol. The van der Waals surface area contributed by atoms with Gasteiger partial charge in [-0.2, -0.15) is 8.42 Å². The van der Waals surface area contributed by atoms with Gasteiger partial charge in [0.2, 0.25) is 0 Å². The highest BCUT2D eigenvalue weighted by Gasteiger charge is 1.84. The van der Waals surface area contributed by atoms with E-state index in [-0.39, 0.29) is 0 Å². The van der Waals surface area contributed by atoms with E-state index < -0.39 is 16.4 Å². The van der Waals surface area contributed by atoms with Gasteiger partial charge in [0.05, 0.1) is 0 Å². The monoisotopic (exact) mass is 170 g/mol. The van der Waals surface area contributed by atoms with Crippen molar-refractivity contribution in [2.45, 2.75) is 0 Å². The van der Waals surface area contributed by atoms with Gasteiger partial charge in [-0.05, 0) is 0 Å². The first-order chi connectivity index (χ1) is 4.27. The molecule has 0 aromatic rings. The summed E-state index contributed by atoms with van der Waals surface area (Å²) in [5.41, 5.74) is 0. The summed E-state index contributed by atoms with van der Waals surface area (Å²) in [7, 11) is -4.67. The van der Waals surface area contributed by atoms with Gasteiger partial charge in [0, 0.05) is 6.08 Å². The van der Waals surface area contributed by atoms with Gasteiger partial charge < -0.3 is 5.11 Å². The minimum Gasteiger partial charge on any atom is -0.478 e. The Hall–Kier alpha value is -0.920. The Kier molecular flexibility index (Phi) is 5.81. The van der Waals surface area contributed by atoms with Crippen LogP contribution in [0.15, 0.2) is 12.7 Å². The molecule has 0 heterocycles. The third-order valence-electron chi connectivity index (χ3n) is 0.175. The van der Waals surface area contributed by atoms with Gasteiger partial charge in [0.1, 0.15) is 0 Å². The summed E-state index contributed by atoms with van der Waals surface area (Å²) < 4.78 is 31.6. The second-order valence-corrected chi connectivity index (χ2v) is 1.89. The summed E-state index contributed by atoms with van der Waals surface area (Å²) in [4.78, 5) is 9.25. The molecule has 0 spiro atoms. The van der Waals surface area contributed by atoms with E-state index in [0.29, 0.717) is 0 Å². The van der Waals surface area contributed by atoms with Crippen LogP contribution < -0.4 is 0 Å². The van der Waals surface area contributed by atoms with Gasteiger partial charge in [-0.25, -0.2) is 4.79 Å². The number of carbonyl (C=O) groups is 1. The lowest BCUT2D eigenvalue weighted by atomic mass is 10.7. The molecule has 0 unspecified atom stereocenters. The number of rotatable bonds is 1. The van der Waals surface area contributed by atoms with Gasteiger partial charge in [-0.3, -0.25) is 9.11 Å². The largest absolute Gasteiger partial charge is 0.478 e. The first-order valence-corrected chi connectivity index (χ1v) is 3.22. The van der Waals surface area contributed by atoms with Crippen LogP contribution in [0.1, 0.15) is 0 Å². The van der Waals surface area contributed by atoms with Crippen molar-refractivity contribution in [3.63, 3.8) is 0 Å². The highest BCUT2D eigenvalue weighted by atomic mass is 32.3. The second kappa shape index (κ2) is 4.91. The molecule has 0 aliphatic carbocycles. The lowest BCUT2D eigenvalue weighted by molar-refractivity contribution is -0.131. The molecule has 0 amide bonds. The van der Waals surface area contributed by atoms with Crippen LogP contribution in [-0.2, 0) is 15.2 Å². The fourth-order valence-corrected chi connectivity index (χ4v) is 0. The minimum atomic E-state index is -4.67. The molecule has 0 fully saturated rings. The van der Waals surface area contributed by atoms with Crippen LogP contribution in [0.5, 0.6) is 0 Å². The molecule has 0 radical (unpaired) electrons. The Balaban J connectivity index is 0. The predicted molar refractivity (Wildman–Crippen MR) is 32.0 cm³/mol. The molecule has 3 N–H and O–H groups in total. The molecule has 0 aromatic heterocycles. The summed E-state index contributed by atoms with van der Waals surface area (Å²) in [5, 5.41) is 7.60. The third kappa shape index (κ3) is 224. The lowest BCUT2D eigenvalue weighted by Crippen LogP contribution is -1.89. The van der Waals surface area contributed by atoms with Crippen LogP contribution in [0, 0.1) is 0 Å². The average molecular weight is 170 g/mol. The topological polar surface area (TPSA) is 112 Å². The van der Waals surface area contributed by atoms with Crippen LogP contribution in [-0.4, -0.2) is 28.6 Å². The van der Waals surface area contributed by atoms with E-state index in [9.17, 15) is 4.79 Å². The summed E-state index contributed by atoms with van der Waals surface area (Å²) in [5.74, 6) is -0.981. The molecule has 0 saturated carbocycles. The second-order valence-electron chi connectivity index (χ2n) is 0.990. The maximum atomic E-state index is 9.25. The fraction of sp³-hybridized carbons (Fsp3) is 0. The predicted octanol–water partition coefficient (Wildman–Crippen LogP) is -0.396. The molecular formula is C3H6O6S. The highest BCUT2D eigenvalue weighted by molar-refractivity contribution is 7.79. The summed E-state index contributed by atoms with van der Waals surface area (Å²) in [6, 6.07) is 0. The molecule has 0 bridgehead atoms. The van der Waals surface area contributed by atoms with Crippen LogP contribution >= 0.6 is 0 Å². The highest BCUT2D eigenvalue weighted by Crippen LogP contribution is 1.59. The van der Waals surface area contributed by atoms with Gasteiger partial charge in [0.15, 0.2) is 0 Å². The Morgan fingerprint density at radius 2 is 1.50 bits per heavy atom. The number of hydrogen-bond donors (Lipinski definition) is 3. The Morgan fingerprint density at radius 1 is 1.40 bits per heavy atom. The number of carboxylic acids is 1. The van der Waals surface area contributed by atoms with E-state index in [1.807, 2.05) is 0 Å². The van der Waals surface area contributed by atoms with Crippen molar-refractivity contribution >= 4 is 16.4 Å². The van der Waals surface area contributed by atoms with E-state index in [1.165, 1.54) is 0 Å². The fourth-order valence-electron chi connectivity index (χ4n) is 0.